The second kappa shape index (κ2) is 11.2. The van der Waals surface area contributed by atoms with E-state index in [1.54, 1.807) is 49.4 Å². The number of ether oxygens (including phenoxy) is 1. The highest BCUT2D eigenvalue weighted by Gasteiger charge is 2.27. The van der Waals surface area contributed by atoms with Gasteiger partial charge in [-0.15, -0.1) is 0 Å². The lowest BCUT2D eigenvalue weighted by atomic mass is 10.1. The first-order chi connectivity index (χ1) is 18.4. The first-order valence-electron chi connectivity index (χ1n) is 12.9. The summed E-state index contributed by atoms with van der Waals surface area (Å²) in [7, 11) is -4.01. The van der Waals surface area contributed by atoms with Crippen LogP contribution in [0.2, 0.25) is 0 Å². The van der Waals surface area contributed by atoms with E-state index in [1.807, 2.05) is 36.4 Å². The summed E-state index contributed by atoms with van der Waals surface area (Å²) < 4.78 is 34.2. The lowest BCUT2D eigenvalue weighted by molar-refractivity contribution is 0.249. The molecule has 1 aromatic heterocycles. The van der Waals surface area contributed by atoms with Crippen molar-refractivity contribution in [2.24, 2.45) is 5.92 Å². The maximum Gasteiger partial charge on any atom is 0.335 e. The topological polar surface area (TPSA) is 88.6 Å². The summed E-state index contributed by atoms with van der Waals surface area (Å²) in [6, 6.07) is 25.0. The molecule has 38 heavy (non-hydrogen) atoms. The summed E-state index contributed by atoms with van der Waals surface area (Å²) in [5.74, 6) is 0.967. The Morgan fingerprint density at radius 2 is 1.66 bits per heavy atom. The fraction of sp³-hybridized carbons (Fsp3) is 0.267. The van der Waals surface area contributed by atoms with Crippen LogP contribution in [0.3, 0.4) is 0 Å². The molecule has 0 atom stereocenters. The smallest absolute Gasteiger partial charge is 0.335 e. The molecular formula is C30H31N3O4S. The highest BCUT2D eigenvalue weighted by Crippen LogP contribution is 2.29. The van der Waals surface area contributed by atoms with Crippen molar-refractivity contribution in [1.29, 1.82) is 0 Å². The second-order valence-electron chi connectivity index (χ2n) is 9.72. The summed E-state index contributed by atoms with van der Waals surface area (Å²) in [6.07, 6.45) is 4.29. The molecule has 0 saturated heterocycles. The van der Waals surface area contributed by atoms with Crippen LogP contribution in [0.15, 0.2) is 89.8 Å². The summed E-state index contributed by atoms with van der Waals surface area (Å²) in [4.78, 5) is 19.6. The van der Waals surface area contributed by atoms with Gasteiger partial charge in [-0.2, -0.15) is 0 Å². The Morgan fingerprint density at radius 3 is 2.42 bits per heavy atom. The number of sulfonamides is 1. The number of benzene rings is 3. The normalized spacial score (nSPS) is 13.9. The van der Waals surface area contributed by atoms with Crippen molar-refractivity contribution >= 4 is 32.6 Å². The molecule has 7 nitrogen and oxygen atoms in total. The van der Waals surface area contributed by atoms with E-state index < -0.39 is 16.1 Å². The Labute approximate surface area is 223 Å². The van der Waals surface area contributed by atoms with Crippen LogP contribution in [0.1, 0.15) is 36.9 Å². The zero-order valence-electron chi connectivity index (χ0n) is 21.3. The molecule has 2 amide bonds. The molecule has 0 bridgehead atoms. The highest BCUT2D eigenvalue weighted by atomic mass is 32.2. The number of anilines is 1. The molecule has 5 rings (SSSR count). The minimum atomic E-state index is -4.01. The Bertz CT molecular complexity index is 1530. The minimum absolute atomic E-state index is 0.0974. The van der Waals surface area contributed by atoms with E-state index in [2.05, 4.69) is 9.71 Å². The number of para-hydroxylation sites is 1. The fourth-order valence-electron chi connectivity index (χ4n) is 4.91. The average molecular weight is 530 g/mol. The number of hydrogen-bond donors (Lipinski definition) is 1. The SMILES string of the molecule is Cc1ccccc1S(=O)(=O)NC(=O)N(CC1CCCC1)c1ccc(OCc2ccc3ccccc3n2)cc1. The number of pyridine rings is 1. The number of aryl methyl sites for hydroxylation is 1. The predicted molar refractivity (Wildman–Crippen MR) is 149 cm³/mol. The van der Waals surface area contributed by atoms with E-state index in [4.69, 9.17) is 4.74 Å². The van der Waals surface area contributed by atoms with Crippen molar-refractivity contribution in [2.75, 3.05) is 11.4 Å². The quantitative estimate of drug-likeness (QED) is 0.293. The number of urea groups is 1. The van der Waals surface area contributed by atoms with Gasteiger partial charge in [-0.1, -0.05) is 55.3 Å². The van der Waals surface area contributed by atoms with E-state index in [0.29, 0.717) is 36.1 Å². The molecule has 8 heteroatoms. The molecule has 0 radical (unpaired) electrons. The standard InChI is InChI=1S/C30H31N3O4S/c1-22-8-2-7-13-29(22)38(35,36)32-30(34)33(20-23-9-3-4-10-23)26-16-18-27(19-17-26)37-21-25-15-14-24-11-5-6-12-28(24)31-25/h2,5-8,11-19,23H,3-4,9-10,20-21H2,1H3,(H,32,34). The first kappa shape index (κ1) is 25.7. The fourth-order valence-corrected chi connectivity index (χ4v) is 6.11. The maximum absolute atomic E-state index is 13.3. The lowest BCUT2D eigenvalue weighted by Gasteiger charge is -2.26. The van der Waals surface area contributed by atoms with Gasteiger partial charge in [-0.05, 0) is 73.7 Å². The van der Waals surface area contributed by atoms with Crippen LogP contribution in [0.25, 0.3) is 10.9 Å². The monoisotopic (exact) mass is 529 g/mol. The number of nitrogens with zero attached hydrogens (tertiary/aromatic N) is 2. The average Bonchev–Trinajstić information content (AvgIpc) is 3.44. The summed E-state index contributed by atoms with van der Waals surface area (Å²) in [5, 5.41) is 1.07. The number of aromatic nitrogens is 1. The number of carbonyl (C=O) groups is 1. The van der Waals surface area contributed by atoms with Crippen molar-refractivity contribution < 1.29 is 17.9 Å². The minimum Gasteiger partial charge on any atom is -0.487 e. The largest absolute Gasteiger partial charge is 0.487 e. The zero-order valence-corrected chi connectivity index (χ0v) is 22.2. The summed E-state index contributed by atoms with van der Waals surface area (Å²) in [5.41, 5.74) is 2.93. The van der Waals surface area contributed by atoms with Crippen molar-refractivity contribution in [3.63, 3.8) is 0 Å². The molecule has 196 valence electrons. The number of rotatable bonds is 8. The molecular weight excluding hydrogens is 498 g/mol. The van der Waals surface area contributed by atoms with Gasteiger partial charge < -0.3 is 4.74 Å². The third kappa shape index (κ3) is 5.97. The van der Waals surface area contributed by atoms with Crippen molar-refractivity contribution in [3.05, 3.63) is 96.2 Å². The van der Waals surface area contributed by atoms with Gasteiger partial charge in [0.05, 0.1) is 16.1 Å². The van der Waals surface area contributed by atoms with Crippen LogP contribution < -0.4 is 14.4 Å². The van der Waals surface area contributed by atoms with Crippen LogP contribution in [-0.4, -0.2) is 26.0 Å². The Morgan fingerprint density at radius 1 is 0.947 bits per heavy atom. The molecule has 0 spiro atoms. The van der Waals surface area contributed by atoms with Crippen LogP contribution >= 0.6 is 0 Å². The predicted octanol–water partition coefficient (Wildman–Crippen LogP) is 6.22. The van der Waals surface area contributed by atoms with Crippen LogP contribution in [0.5, 0.6) is 5.75 Å². The third-order valence-corrected chi connectivity index (χ3v) is 8.44. The maximum atomic E-state index is 13.3. The number of amides is 2. The second-order valence-corrected chi connectivity index (χ2v) is 11.4. The molecule has 1 fully saturated rings. The van der Waals surface area contributed by atoms with E-state index >= 15 is 0 Å². The van der Waals surface area contributed by atoms with Gasteiger partial charge in [0.2, 0.25) is 0 Å². The van der Waals surface area contributed by atoms with Crippen molar-refractivity contribution in [3.8, 4) is 5.75 Å². The number of nitrogens with one attached hydrogen (secondary N) is 1. The zero-order chi connectivity index (χ0) is 26.5. The van der Waals surface area contributed by atoms with Gasteiger partial charge in [0.15, 0.2) is 0 Å². The van der Waals surface area contributed by atoms with Gasteiger partial charge in [-0.25, -0.2) is 22.9 Å². The lowest BCUT2D eigenvalue weighted by Crippen LogP contribution is -2.45. The van der Waals surface area contributed by atoms with Gasteiger partial charge >= 0.3 is 6.03 Å². The molecule has 1 N–H and O–H groups in total. The highest BCUT2D eigenvalue weighted by molar-refractivity contribution is 7.90. The molecule has 0 aliphatic heterocycles. The molecule has 0 unspecified atom stereocenters. The molecule has 1 heterocycles. The van der Waals surface area contributed by atoms with Gasteiger partial charge in [0.1, 0.15) is 12.4 Å². The molecule has 1 aliphatic rings. The van der Waals surface area contributed by atoms with Crippen LogP contribution in [0, 0.1) is 12.8 Å². The van der Waals surface area contributed by atoms with Gasteiger partial charge in [0, 0.05) is 17.6 Å². The molecule has 4 aromatic rings. The van der Waals surface area contributed by atoms with E-state index in [-0.39, 0.29) is 4.90 Å². The van der Waals surface area contributed by atoms with E-state index in [1.165, 1.54) is 11.0 Å². The van der Waals surface area contributed by atoms with Crippen molar-refractivity contribution in [2.45, 2.75) is 44.1 Å². The Hall–Kier alpha value is -3.91. The first-order valence-corrected chi connectivity index (χ1v) is 14.3. The summed E-state index contributed by atoms with van der Waals surface area (Å²) in [6.45, 7) is 2.48. The number of hydrogen-bond acceptors (Lipinski definition) is 5. The molecule has 1 saturated carbocycles. The Balaban J connectivity index is 1.31. The van der Waals surface area contributed by atoms with Crippen molar-refractivity contribution in [1.82, 2.24) is 9.71 Å². The molecule has 1 aliphatic carbocycles. The number of carbonyl (C=O) groups excluding carboxylic acids is 1. The summed E-state index contributed by atoms with van der Waals surface area (Å²) >= 11 is 0. The third-order valence-electron chi connectivity index (χ3n) is 6.96. The number of fused-ring (bicyclic) bond motifs is 1. The van der Waals surface area contributed by atoms with E-state index in [9.17, 15) is 13.2 Å². The van der Waals surface area contributed by atoms with Gasteiger partial charge in [-0.3, -0.25) is 4.90 Å². The van der Waals surface area contributed by atoms with E-state index in [0.717, 1.165) is 42.3 Å². The Kier molecular flexibility index (Phi) is 7.60. The van der Waals surface area contributed by atoms with Crippen LogP contribution in [0.4, 0.5) is 10.5 Å². The van der Waals surface area contributed by atoms with Gasteiger partial charge in [0.25, 0.3) is 10.0 Å². The van der Waals surface area contributed by atoms with Crippen LogP contribution in [-0.2, 0) is 16.6 Å². The molecule has 3 aromatic carbocycles.